The average molecular weight is 200 g/mol. The van der Waals surface area contributed by atoms with Gasteiger partial charge in [0.2, 0.25) is 0 Å². The van der Waals surface area contributed by atoms with Crippen molar-refractivity contribution in [1.29, 1.82) is 0 Å². The van der Waals surface area contributed by atoms with E-state index >= 15 is 0 Å². The van der Waals surface area contributed by atoms with Gasteiger partial charge in [-0.05, 0) is 33.7 Å². The molecule has 1 saturated heterocycles. The lowest BCUT2D eigenvalue weighted by atomic mass is 9.73. The highest BCUT2D eigenvalue weighted by atomic mass is 16.5. The van der Waals surface area contributed by atoms with Gasteiger partial charge in [-0.15, -0.1) is 0 Å². The van der Waals surface area contributed by atoms with Gasteiger partial charge in [0.15, 0.2) is 0 Å². The Morgan fingerprint density at radius 2 is 1.86 bits per heavy atom. The zero-order valence-corrected chi connectivity index (χ0v) is 9.92. The molecule has 84 valence electrons. The van der Waals surface area contributed by atoms with E-state index in [9.17, 15) is 0 Å². The van der Waals surface area contributed by atoms with Crippen LogP contribution in [0.1, 0.15) is 26.7 Å². The van der Waals surface area contributed by atoms with Crippen molar-refractivity contribution in [3.63, 3.8) is 0 Å². The Morgan fingerprint density at radius 3 is 2.21 bits per heavy atom. The van der Waals surface area contributed by atoms with Gasteiger partial charge in [-0.2, -0.15) is 0 Å². The fraction of sp³-hybridized carbons (Fsp3) is 1.00. The van der Waals surface area contributed by atoms with E-state index in [1.165, 1.54) is 0 Å². The Morgan fingerprint density at radius 1 is 1.36 bits per heavy atom. The third kappa shape index (κ3) is 2.27. The Balaban J connectivity index is 2.70. The molecule has 0 aromatic heterocycles. The molecule has 1 heterocycles. The summed E-state index contributed by atoms with van der Waals surface area (Å²) in [6.07, 6.45) is 2.30. The van der Waals surface area contributed by atoms with Crippen LogP contribution in [-0.2, 0) is 4.74 Å². The summed E-state index contributed by atoms with van der Waals surface area (Å²) in [5.74, 6) is 0. The SMILES string of the molecule is COCC1(CN)C[C@@H](C)N(C)[C@@H](C)C1. The molecule has 1 unspecified atom stereocenters. The second-order valence-electron chi connectivity index (χ2n) is 4.91. The average Bonchev–Trinajstić information content (AvgIpc) is 2.15. The molecule has 0 aromatic carbocycles. The molecule has 0 bridgehead atoms. The van der Waals surface area contributed by atoms with Crippen LogP contribution in [0.2, 0.25) is 0 Å². The van der Waals surface area contributed by atoms with Crippen molar-refractivity contribution in [2.24, 2.45) is 11.1 Å². The molecular weight excluding hydrogens is 176 g/mol. The quantitative estimate of drug-likeness (QED) is 0.741. The Bertz CT molecular complexity index is 172. The molecule has 3 heteroatoms. The summed E-state index contributed by atoms with van der Waals surface area (Å²) in [4.78, 5) is 2.43. The zero-order valence-electron chi connectivity index (χ0n) is 9.92. The van der Waals surface area contributed by atoms with E-state index in [1.807, 2.05) is 0 Å². The third-order valence-electron chi connectivity index (χ3n) is 3.73. The summed E-state index contributed by atoms with van der Waals surface area (Å²) >= 11 is 0. The largest absolute Gasteiger partial charge is 0.384 e. The van der Waals surface area contributed by atoms with Crippen LogP contribution >= 0.6 is 0 Å². The maximum atomic E-state index is 5.90. The van der Waals surface area contributed by atoms with Crippen molar-refractivity contribution in [3.05, 3.63) is 0 Å². The van der Waals surface area contributed by atoms with Crippen LogP contribution in [0.25, 0.3) is 0 Å². The highest BCUT2D eigenvalue weighted by Gasteiger charge is 2.39. The third-order valence-corrected chi connectivity index (χ3v) is 3.73. The highest BCUT2D eigenvalue weighted by molar-refractivity contribution is 4.93. The predicted octanol–water partition coefficient (Wildman–Crippen LogP) is 1.08. The molecular formula is C11H24N2O. The summed E-state index contributed by atoms with van der Waals surface area (Å²) in [5, 5.41) is 0. The van der Waals surface area contributed by atoms with Gasteiger partial charge in [0.05, 0.1) is 6.61 Å². The predicted molar refractivity (Wildman–Crippen MR) is 59.3 cm³/mol. The number of methoxy groups -OCH3 is 1. The molecule has 2 N–H and O–H groups in total. The van der Waals surface area contributed by atoms with Gasteiger partial charge in [0.1, 0.15) is 0 Å². The number of rotatable bonds is 3. The minimum Gasteiger partial charge on any atom is -0.384 e. The smallest absolute Gasteiger partial charge is 0.0531 e. The highest BCUT2D eigenvalue weighted by Crippen LogP contribution is 2.36. The van der Waals surface area contributed by atoms with E-state index in [0.29, 0.717) is 12.1 Å². The normalized spacial score (nSPS) is 40.1. The van der Waals surface area contributed by atoms with Crippen LogP contribution in [-0.4, -0.2) is 44.3 Å². The monoisotopic (exact) mass is 200 g/mol. The number of nitrogens with zero attached hydrogens (tertiary/aromatic N) is 1. The lowest BCUT2D eigenvalue weighted by Crippen LogP contribution is -2.52. The fourth-order valence-electron chi connectivity index (χ4n) is 2.71. The van der Waals surface area contributed by atoms with E-state index in [4.69, 9.17) is 10.5 Å². The molecule has 0 amide bonds. The van der Waals surface area contributed by atoms with Gasteiger partial charge in [-0.25, -0.2) is 0 Å². The summed E-state index contributed by atoms with van der Waals surface area (Å²) in [6.45, 7) is 6.08. The summed E-state index contributed by atoms with van der Waals surface area (Å²) in [6, 6.07) is 1.22. The van der Waals surface area contributed by atoms with Crippen molar-refractivity contribution in [2.75, 3.05) is 27.3 Å². The van der Waals surface area contributed by atoms with Crippen LogP contribution in [0.5, 0.6) is 0 Å². The van der Waals surface area contributed by atoms with E-state index < -0.39 is 0 Å². The van der Waals surface area contributed by atoms with E-state index in [2.05, 4.69) is 25.8 Å². The second-order valence-corrected chi connectivity index (χ2v) is 4.91. The van der Waals surface area contributed by atoms with Gasteiger partial charge in [-0.1, -0.05) is 0 Å². The van der Waals surface area contributed by atoms with Crippen molar-refractivity contribution >= 4 is 0 Å². The molecule has 3 nitrogen and oxygen atoms in total. The topological polar surface area (TPSA) is 38.5 Å². The maximum absolute atomic E-state index is 5.90. The summed E-state index contributed by atoms with van der Waals surface area (Å²) in [5.41, 5.74) is 6.10. The summed E-state index contributed by atoms with van der Waals surface area (Å²) < 4.78 is 5.31. The first kappa shape index (κ1) is 12.0. The molecule has 1 fully saturated rings. The van der Waals surface area contributed by atoms with Crippen LogP contribution in [0.15, 0.2) is 0 Å². The van der Waals surface area contributed by atoms with Crippen LogP contribution in [0.3, 0.4) is 0 Å². The molecule has 1 aliphatic rings. The Kier molecular flexibility index (Phi) is 3.93. The zero-order chi connectivity index (χ0) is 10.8. The van der Waals surface area contributed by atoms with Gasteiger partial charge < -0.3 is 15.4 Å². The van der Waals surface area contributed by atoms with Crippen molar-refractivity contribution in [1.82, 2.24) is 4.90 Å². The minimum atomic E-state index is 0.208. The number of likely N-dealkylation sites (tertiary alicyclic amines) is 1. The number of ether oxygens (including phenoxy) is 1. The van der Waals surface area contributed by atoms with Gasteiger partial charge in [0.25, 0.3) is 0 Å². The van der Waals surface area contributed by atoms with Gasteiger partial charge in [0, 0.05) is 31.2 Å². The van der Waals surface area contributed by atoms with Gasteiger partial charge >= 0.3 is 0 Å². The molecule has 0 aliphatic carbocycles. The molecule has 0 radical (unpaired) electrons. The summed E-state index contributed by atoms with van der Waals surface area (Å²) in [7, 11) is 3.97. The molecule has 0 saturated carbocycles. The van der Waals surface area contributed by atoms with Crippen LogP contribution in [0, 0.1) is 5.41 Å². The number of hydrogen-bond acceptors (Lipinski definition) is 3. The molecule has 0 spiro atoms. The fourth-order valence-corrected chi connectivity index (χ4v) is 2.71. The minimum absolute atomic E-state index is 0.208. The van der Waals surface area contributed by atoms with E-state index in [-0.39, 0.29) is 5.41 Å². The number of nitrogens with two attached hydrogens (primary N) is 1. The number of hydrogen-bond donors (Lipinski definition) is 1. The Hall–Kier alpha value is -0.120. The maximum Gasteiger partial charge on any atom is 0.0531 e. The number of piperidine rings is 1. The lowest BCUT2D eigenvalue weighted by molar-refractivity contribution is -0.0134. The van der Waals surface area contributed by atoms with E-state index in [1.54, 1.807) is 7.11 Å². The molecule has 1 aliphatic heterocycles. The van der Waals surface area contributed by atoms with Crippen molar-refractivity contribution in [2.45, 2.75) is 38.8 Å². The van der Waals surface area contributed by atoms with Crippen LogP contribution < -0.4 is 5.73 Å². The lowest BCUT2D eigenvalue weighted by Gasteiger charge is -2.47. The first-order valence-corrected chi connectivity index (χ1v) is 5.45. The van der Waals surface area contributed by atoms with Crippen molar-refractivity contribution < 1.29 is 4.74 Å². The van der Waals surface area contributed by atoms with Crippen molar-refractivity contribution in [3.8, 4) is 0 Å². The standard InChI is InChI=1S/C11H24N2O/c1-9-5-11(7-12,8-14-4)6-10(2)13(9)3/h9-10H,5-8,12H2,1-4H3/t9-,10+,11?. The first-order chi connectivity index (χ1) is 6.54. The van der Waals surface area contributed by atoms with Gasteiger partial charge in [-0.3, -0.25) is 0 Å². The second kappa shape index (κ2) is 4.60. The Labute approximate surface area is 87.6 Å². The molecule has 0 aromatic rings. The molecule has 14 heavy (non-hydrogen) atoms. The van der Waals surface area contributed by atoms with E-state index in [0.717, 1.165) is 26.0 Å². The molecule has 1 rings (SSSR count). The first-order valence-electron chi connectivity index (χ1n) is 5.45. The molecule has 3 atom stereocenters. The van der Waals surface area contributed by atoms with Crippen LogP contribution in [0.4, 0.5) is 0 Å².